The van der Waals surface area contributed by atoms with Gasteiger partial charge in [-0.05, 0) is 24.8 Å². The summed E-state index contributed by atoms with van der Waals surface area (Å²) in [4.78, 5) is 17.7. The Bertz CT molecular complexity index is 402. The van der Waals surface area contributed by atoms with E-state index in [9.17, 15) is 4.79 Å². The molecule has 1 rings (SSSR count). The van der Waals surface area contributed by atoms with Crippen molar-refractivity contribution in [2.45, 2.75) is 26.7 Å². The lowest BCUT2D eigenvalue weighted by Crippen LogP contribution is -2.36. The fourth-order valence-electron chi connectivity index (χ4n) is 1.68. The lowest BCUT2D eigenvalue weighted by molar-refractivity contribution is 0.294. The number of H-pyrrole nitrogens is 1. The van der Waals surface area contributed by atoms with Crippen molar-refractivity contribution in [3.05, 3.63) is 16.7 Å². The highest BCUT2D eigenvalue weighted by molar-refractivity contribution is 5.58. The molecule has 0 aliphatic heterocycles. The largest absolute Gasteiger partial charge is 0.391 e. The van der Waals surface area contributed by atoms with Gasteiger partial charge in [0.25, 0.3) is 5.56 Å². The van der Waals surface area contributed by atoms with Gasteiger partial charge in [-0.1, -0.05) is 13.8 Å². The highest BCUT2D eigenvalue weighted by Gasteiger charge is 2.24. The van der Waals surface area contributed by atoms with Crippen molar-refractivity contribution in [3.63, 3.8) is 0 Å². The number of anilines is 2. The molecule has 6 N–H and O–H groups in total. The molecule has 0 saturated carbocycles. The number of nitrogens with zero attached hydrogens (tertiary/aromatic N) is 1. The second-order valence-corrected chi connectivity index (χ2v) is 4.26. The normalized spacial score (nSPS) is 11.5. The smallest absolute Gasteiger partial charge is 0.276 e. The highest BCUT2D eigenvalue weighted by atomic mass is 16.1. The fraction of sp³-hybridized carbons (Fsp3) is 0.636. The van der Waals surface area contributed by atoms with Gasteiger partial charge in [-0.3, -0.25) is 4.79 Å². The highest BCUT2D eigenvalue weighted by Crippen LogP contribution is 2.25. The molecule has 0 amide bonds. The molecule has 0 atom stereocenters. The first-order chi connectivity index (χ1) is 8.08. The van der Waals surface area contributed by atoms with Gasteiger partial charge in [0.15, 0.2) is 5.82 Å². The molecule has 6 nitrogen and oxygen atoms in total. The second kappa shape index (κ2) is 5.67. The predicted octanol–water partition coefficient (Wildman–Crippen LogP) is 0.529. The zero-order valence-electron chi connectivity index (χ0n) is 10.4. The summed E-state index contributed by atoms with van der Waals surface area (Å²) in [5, 5.41) is 3.11. The van der Waals surface area contributed by atoms with Gasteiger partial charge in [0, 0.05) is 6.54 Å². The van der Waals surface area contributed by atoms with E-state index in [0.717, 1.165) is 12.8 Å². The summed E-state index contributed by atoms with van der Waals surface area (Å²) in [5.74, 6) is 0.425. The molecule has 6 heteroatoms. The number of hydrogen-bond acceptors (Lipinski definition) is 5. The van der Waals surface area contributed by atoms with Crippen LogP contribution in [0.5, 0.6) is 0 Å². The fourth-order valence-corrected chi connectivity index (χ4v) is 1.68. The van der Waals surface area contributed by atoms with Crippen LogP contribution in [0.15, 0.2) is 11.1 Å². The number of nitrogens with one attached hydrogen (secondary N) is 2. The number of aromatic amines is 1. The monoisotopic (exact) mass is 239 g/mol. The first kappa shape index (κ1) is 13.5. The van der Waals surface area contributed by atoms with Crippen molar-refractivity contribution in [2.75, 3.05) is 24.1 Å². The van der Waals surface area contributed by atoms with E-state index < -0.39 is 0 Å². The van der Waals surface area contributed by atoms with Crippen molar-refractivity contribution in [3.8, 4) is 0 Å². The minimum absolute atomic E-state index is 0.0245. The van der Waals surface area contributed by atoms with E-state index in [-0.39, 0.29) is 16.7 Å². The van der Waals surface area contributed by atoms with E-state index in [0.29, 0.717) is 18.9 Å². The molecule has 0 aliphatic carbocycles. The summed E-state index contributed by atoms with van der Waals surface area (Å²) in [6.45, 7) is 5.46. The lowest BCUT2D eigenvalue weighted by atomic mass is 9.82. The van der Waals surface area contributed by atoms with Crippen LogP contribution in [0.2, 0.25) is 0 Å². The van der Waals surface area contributed by atoms with Gasteiger partial charge in [-0.15, -0.1) is 0 Å². The first-order valence-corrected chi connectivity index (χ1v) is 5.85. The Morgan fingerprint density at radius 3 is 2.65 bits per heavy atom. The third kappa shape index (κ3) is 2.97. The molecular formula is C11H21N5O. The molecule has 1 aromatic rings. The summed E-state index contributed by atoms with van der Waals surface area (Å²) >= 11 is 0. The van der Waals surface area contributed by atoms with Crippen LogP contribution in [0.25, 0.3) is 0 Å². The van der Waals surface area contributed by atoms with Gasteiger partial charge in [-0.2, -0.15) is 0 Å². The molecule has 0 fully saturated rings. The maximum atomic E-state index is 11.3. The topological polar surface area (TPSA) is 110 Å². The zero-order valence-corrected chi connectivity index (χ0v) is 10.4. The molecular weight excluding hydrogens is 218 g/mol. The maximum Gasteiger partial charge on any atom is 0.276 e. The molecule has 1 aromatic heterocycles. The van der Waals surface area contributed by atoms with E-state index in [4.69, 9.17) is 11.5 Å². The maximum absolute atomic E-state index is 11.3. The van der Waals surface area contributed by atoms with Gasteiger partial charge >= 0.3 is 0 Å². The first-order valence-electron chi connectivity index (χ1n) is 5.85. The van der Waals surface area contributed by atoms with Crippen LogP contribution in [0.3, 0.4) is 0 Å². The Labute approximate surface area is 101 Å². The van der Waals surface area contributed by atoms with Gasteiger partial charge in [0.05, 0.1) is 6.33 Å². The summed E-state index contributed by atoms with van der Waals surface area (Å²) in [7, 11) is 0. The minimum atomic E-state index is -0.325. The zero-order chi connectivity index (χ0) is 12.9. The Balaban J connectivity index is 2.79. The summed E-state index contributed by atoms with van der Waals surface area (Å²) in [5.41, 5.74) is 11.3. The summed E-state index contributed by atoms with van der Waals surface area (Å²) in [6, 6.07) is 0. The molecule has 0 unspecified atom stereocenters. The average Bonchev–Trinajstić information content (AvgIpc) is 2.36. The van der Waals surface area contributed by atoms with Crippen molar-refractivity contribution in [1.29, 1.82) is 0 Å². The Morgan fingerprint density at radius 2 is 2.12 bits per heavy atom. The van der Waals surface area contributed by atoms with Crippen LogP contribution in [-0.4, -0.2) is 23.1 Å². The van der Waals surface area contributed by atoms with Crippen LogP contribution >= 0.6 is 0 Å². The number of nitrogen functional groups attached to an aromatic ring is 1. The van der Waals surface area contributed by atoms with Gasteiger partial charge in [0.1, 0.15) is 5.69 Å². The molecule has 0 saturated heterocycles. The summed E-state index contributed by atoms with van der Waals surface area (Å²) < 4.78 is 0. The third-order valence-corrected chi connectivity index (χ3v) is 3.45. The number of rotatable bonds is 6. The number of nitrogens with two attached hydrogens (primary N) is 2. The molecule has 0 radical (unpaired) electrons. The Morgan fingerprint density at radius 1 is 1.47 bits per heavy atom. The number of hydrogen-bond donors (Lipinski definition) is 4. The van der Waals surface area contributed by atoms with E-state index >= 15 is 0 Å². The van der Waals surface area contributed by atoms with Crippen molar-refractivity contribution < 1.29 is 0 Å². The Kier molecular flexibility index (Phi) is 4.51. The van der Waals surface area contributed by atoms with E-state index in [1.165, 1.54) is 6.33 Å². The quantitative estimate of drug-likeness (QED) is 0.579. The molecule has 17 heavy (non-hydrogen) atoms. The average molecular weight is 239 g/mol. The van der Waals surface area contributed by atoms with E-state index in [2.05, 4.69) is 29.1 Å². The second-order valence-electron chi connectivity index (χ2n) is 4.26. The van der Waals surface area contributed by atoms with Gasteiger partial charge < -0.3 is 21.8 Å². The third-order valence-electron chi connectivity index (χ3n) is 3.45. The number of aromatic nitrogens is 2. The van der Waals surface area contributed by atoms with Crippen LogP contribution in [0.1, 0.15) is 26.7 Å². The molecule has 1 heterocycles. The van der Waals surface area contributed by atoms with Crippen molar-refractivity contribution in [2.24, 2.45) is 11.1 Å². The van der Waals surface area contributed by atoms with Gasteiger partial charge in [0.2, 0.25) is 0 Å². The van der Waals surface area contributed by atoms with Crippen LogP contribution in [-0.2, 0) is 0 Å². The van der Waals surface area contributed by atoms with Crippen LogP contribution < -0.4 is 22.3 Å². The predicted molar refractivity (Wildman–Crippen MR) is 69.8 cm³/mol. The summed E-state index contributed by atoms with van der Waals surface area (Å²) in [6.07, 6.45) is 3.27. The standard InChI is InChI=1S/C11H21N5O/c1-3-11(4-2,5-12)6-14-9-8(13)10(17)16-7-15-9/h7H,3-6,12-13H2,1-2H3,(H2,14,15,16,17). The van der Waals surface area contributed by atoms with Gasteiger partial charge in [-0.25, -0.2) is 4.98 Å². The van der Waals surface area contributed by atoms with E-state index in [1.54, 1.807) is 0 Å². The molecule has 0 aliphatic rings. The van der Waals surface area contributed by atoms with Crippen LogP contribution in [0.4, 0.5) is 11.5 Å². The van der Waals surface area contributed by atoms with E-state index in [1.807, 2.05) is 0 Å². The SMILES string of the molecule is CCC(CC)(CN)CNc1nc[nH]c(=O)c1N. The molecule has 96 valence electrons. The lowest BCUT2D eigenvalue weighted by Gasteiger charge is -2.30. The molecule has 0 spiro atoms. The minimum Gasteiger partial charge on any atom is -0.391 e. The van der Waals surface area contributed by atoms with Crippen molar-refractivity contribution in [1.82, 2.24) is 9.97 Å². The molecule has 0 aromatic carbocycles. The molecule has 0 bridgehead atoms. The van der Waals surface area contributed by atoms with Crippen molar-refractivity contribution >= 4 is 11.5 Å². The van der Waals surface area contributed by atoms with Crippen LogP contribution in [0, 0.1) is 5.41 Å². The Hall–Kier alpha value is -1.56.